The summed E-state index contributed by atoms with van der Waals surface area (Å²) in [4.78, 5) is 14.1. The van der Waals surface area contributed by atoms with E-state index in [9.17, 15) is 13.2 Å². The number of anilines is 1. The van der Waals surface area contributed by atoms with E-state index in [0.717, 1.165) is 18.7 Å². The van der Waals surface area contributed by atoms with Crippen LogP contribution < -0.4 is 5.32 Å². The Kier molecular flexibility index (Phi) is 4.65. The quantitative estimate of drug-likeness (QED) is 0.911. The highest BCUT2D eigenvalue weighted by Gasteiger charge is 2.26. The first-order valence-electron chi connectivity index (χ1n) is 6.86. The van der Waals surface area contributed by atoms with Crippen molar-refractivity contribution < 1.29 is 13.2 Å². The van der Waals surface area contributed by atoms with Gasteiger partial charge >= 0.3 is 0 Å². The van der Waals surface area contributed by atoms with Crippen LogP contribution in [0.1, 0.15) is 23.7 Å². The summed E-state index contributed by atoms with van der Waals surface area (Å²) in [7, 11) is -2.97. The van der Waals surface area contributed by atoms with Gasteiger partial charge in [0.15, 0.2) is 9.84 Å². The van der Waals surface area contributed by atoms with E-state index in [-0.39, 0.29) is 30.5 Å². The highest BCUT2D eigenvalue weighted by Crippen LogP contribution is 2.18. The van der Waals surface area contributed by atoms with Crippen LogP contribution in [0, 0.1) is 0 Å². The SMILES string of the molecule is CCCNc1ccccc1C(=O)N1CCS(=O)(=O)CC1. The molecule has 1 heterocycles. The van der Waals surface area contributed by atoms with Crippen molar-refractivity contribution in [3.63, 3.8) is 0 Å². The zero-order valence-electron chi connectivity index (χ0n) is 11.6. The monoisotopic (exact) mass is 296 g/mol. The number of hydrogen-bond acceptors (Lipinski definition) is 4. The molecule has 6 heteroatoms. The number of benzene rings is 1. The van der Waals surface area contributed by atoms with Crippen LogP contribution in [-0.4, -0.2) is 50.4 Å². The molecule has 0 radical (unpaired) electrons. The van der Waals surface area contributed by atoms with Gasteiger partial charge in [-0.15, -0.1) is 0 Å². The first kappa shape index (κ1) is 14.8. The second-order valence-electron chi connectivity index (χ2n) is 4.92. The van der Waals surface area contributed by atoms with Crippen LogP contribution in [0.25, 0.3) is 0 Å². The number of nitrogens with zero attached hydrogens (tertiary/aromatic N) is 1. The molecule has 110 valence electrons. The van der Waals surface area contributed by atoms with Crippen molar-refractivity contribution in [1.29, 1.82) is 0 Å². The van der Waals surface area contributed by atoms with Gasteiger partial charge in [0, 0.05) is 25.3 Å². The van der Waals surface area contributed by atoms with E-state index < -0.39 is 9.84 Å². The fourth-order valence-corrected chi connectivity index (χ4v) is 3.37. The zero-order chi connectivity index (χ0) is 14.6. The number of carbonyl (C=O) groups is 1. The minimum absolute atomic E-state index is 0.0588. The van der Waals surface area contributed by atoms with Crippen LogP contribution in [0.5, 0.6) is 0 Å². The van der Waals surface area contributed by atoms with Gasteiger partial charge in [0.05, 0.1) is 17.1 Å². The number of nitrogens with one attached hydrogen (secondary N) is 1. The fraction of sp³-hybridized carbons (Fsp3) is 0.500. The second kappa shape index (κ2) is 6.26. The molecule has 1 aromatic rings. The Hall–Kier alpha value is -1.56. The lowest BCUT2D eigenvalue weighted by atomic mass is 10.1. The van der Waals surface area contributed by atoms with Crippen molar-refractivity contribution in [2.45, 2.75) is 13.3 Å². The summed E-state index contributed by atoms with van der Waals surface area (Å²) in [5.41, 5.74) is 1.42. The summed E-state index contributed by atoms with van der Waals surface area (Å²) in [5, 5.41) is 3.23. The Bertz CT molecular complexity index is 570. The van der Waals surface area contributed by atoms with E-state index >= 15 is 0 Å². The molecule has 0 aromatic heterocycles. The van der Waals surface area contributed by atoms with Gasteiger partial charge in [0.2, 0.25) is 0 Å². The third kappa shape index (κ3) is 3.50. The maximum atomic E-state index is 12.5. The van der Waals surface area contributed by atoms with E-state index in [4.69, 9.17) is 0 Å². The average Bonchev–Trinajstić information content (AvgIpc) is 2.45. The Morgan fingerprint density at radius 3 is 2.55 bits per heavy atom. The number of amides is 1. The Morgan fingerprint density at radius 2 is 1.90 bits per heavy atom. The summed E-state index contributed by atoms with van der Waals surface area (Å²) in [6.07, 6.45) is 0.977. The summed E-state index contributed by atoms with van der Waals surface area (Å²) in [5.74, 6) is 0.0196. The van der Waals surface area contributed by atoms with Gasteiger partial charge < -0.3 is 10.2 Å². The molecule has 0 unspecified atom stereocenters. The average molecular weight is 296 g/mol. The molecule has 1 aliphatic rings. The van der Waals surface area contributed by atoms with Gasteiger partial charge in [-0.1, -0.05) is 19.1 Å². The third-order valence-electron chi connectivity index (χ3n) is 3.35. The van der Waals surface area contributed by atoms with E-state index in [1.807, 2.05) is 18.2 Å². The molecule has 1 N–H and O–H groups in total. The third-order valence-corrected chi connectivity index (χ3v) is 4.96. The molecule has 1 saturated heterocycles. The predicted octanol–water partition coefficient (Wildman–Crippen LogP) is 1.38. The van der Waals surface area contributed by atoms with E-state index in [2.05, 4.69) is 12.2 Å². The topological polar surface area (TPSA) is 66.5 Å². The largest absolute Gasteiger partial charge is 0.384 e. The Morgan fingerprint density at radius 1 is 1.25 bits per heavy atom. The van der Waals surface area contributed by atoms with Crippen LogP contribution in [-0.2, 0) is 9.84 Å². The van der Waals surface area contributed by atoms with Crippen LogP contribution >= 0.6 is 0 Å². The molecule has 0 bridgehead atoms. The standard InChI is InChI=1S/C14H20N2O3S/c1-2-7-15-13-6-4-3-5-12(13)14(17)16-8-10-20(18,19)11-9-16/h3-6,15H,2,7-11H2,1H3. The minimum atomic E-state index is -2.97. The number of carbonyl (C=O) groups excluding carboxylic acids is 1. The maximum absolute atomic E-state index is 12.5. The van der Waals surface area contributed by atoms with E-state index in [1.165, 1.54) is 0 Å². The van der Waals surface area contributed by atoms with Gasteiger partial charge in [-0.3, -0.25) is 4.79 Å². The highest BCUT2D eigenvalue weighted by molar-refractivity contribution is 7.91. The summed E-state index contributed by atoms with van der Waals surface area (Å²) < 4.78 is 22.8. The molecule has 0 aliphatic carbocycles. The van der Waals surface area contributed by atoms with Crippen molar-refractivity contribution >= 4 is 21.4 Å². The molecule has 1 aromatic carbocycles. The summed E-state index contributed by atoms with van der Waals surface area (Å²) in [6, 6.07) is 7.37. The Labute approximate surface area is 119 Å². The zero-order valence-corrected chi connectivity index (χ0v) is 12.4. The van der Waals surface area contributed by atoms with E-state index in [1.54, 1.807) is 11.0 Å². The normalized spacial score (nSPS) is 17.8. The van der Waals surface area contributed by atoms with Crippen molar-refractivity contribution in [2.75, 3.05) is 36.5 Å². The van der Waals surface area contributed by atoms with Crippen LogP contribution in [0.15, 0.2) is 24.3 Å². The molecular formula is C14H20N2O3S. The molecule has 1 amide bonds. The number of sulfone groups is 1. The maximum Gasteiger partial charge on any atom is 0.256 e. The summed E-state index contributed by atoms with van der Waals surface area (Å²) in [6.45, 7) is 3.43. The van der Waals surface area contributed by atoms with Crippen LogP contribution in [0.2, 0.25) is 0 Å². The van der Waals surface area contributed by atoms with E-state index in [0.29, 0.717) is 5.56 Å². The van der Waals surface area contributed by atoms with Crippen LogP contribution in [0.4, 0.5) is 5.69 Å². The van der Waals surface area contributed by atoms with Crippen LogP contribution in [0.3, 0.4) is 0 Å². The lowest BCUT2D eigenvalue weighted by molar-refractivity contribution is 0.0771. The van der Waals surface area contributed by atoms with Crippen molar-refractivity contribution in [3.8, 4) is 0 Å². The lowest BCUT2D eigenvalue weighted by Gasteiger charge is -2.27. The smallest absolute Gasteiger partial charge is 0.256 e. The molecule has 5 nitrogen and oxygen atoms in total. The number of hydrogen-bond donors (Lipinski definition) is 1. The minimum Gasteiger partial charge on any atom is -0.384 e. The molecule has 0 saturated carbocycles. The number of para-hydroxylation sites is 1. The van der Waals surface area contributed by atoms with Crippen molar-refractivity contribution in [3.05, 3.63) is 29.8 Å². The summed E-state index contributed by atoms with van der Waals surface area (Å²) >= 11 is 0. The molecule has 0 spiro atoms. The molecular weight excluding hydrogens is 276 g/mol. The first-order valence-corrected chi connectivity index (χ1v) is 8.68. The molecule has 20 heavy (non-hydrogen) atoms. The van der Waals surface area contributed by atoms with Gasteiger partial charge in [-0.25, -0.2) is 8.42 Å². The van der Waals surface area contributed by atoms with Gasteiger partial charge in [-0.05, 0) is 18.6 Å². The second-order valence-corrected chi connectivity index (χ2v) is 7.22. The molecule has 1 fully saturated rings. The highest BCUT2D eigenvalue weighted by atomic mass is 32.2. The molecule has 2 rings (SSSR count). The predicted molar refractivity (Wildman–Crippen MR) is 79.8 cm³/mol. The van der Waals surface area contributed by atoms with Gasteiger partial charge in [0.1, 0.15) is 0 Å². The molecule has 0 atom stereocenters. The fourth-order valence-electron chi connectivity index (χ4n) is 2.17. The van der Waals surface area contributed by atoms with Crippen molar-refractivity contribution in [2.24, 2.45) is 0 Å². The first-order chi connectivity index (χ1) is 9.53. The van der Waals surface area contributed by atoms with Gasteiger partial charge in [0.25, 0.3) is 5.91 Å². The lowest BCUT2D eigenvalue weighted by Crippen LogP contribution is -2.43. The van der Waals surface area contributed by atoms with Gasteiger partial charge in [-0.2, -0.15) is 0 Å². The molecule has 1 aliphatic heterocycles. The number of rotatable bonds is 4. The van der Waals surface area contributed by atoms with Crippen molar-refractivity contribution in [1.82, 2.24) is 4.90 Å². The Balaban J connectivity index is 2.13.